The van der Waals surface area contributed by atoms with Crippen LogP contribution in [-0.2, 0) is 16.6 Å². The molecule has 0 aromatic heterocycles. The van der Waals surface area contributed by atoms with Crippen molar-refractivity contribution in [2.75, 3.05) is 32.7 Å². The Balaban J connectivity index is 1.57. The molecule has 1 aliphatic heterocycles. The minimum atomic E-state index is -3.43. The Morgan fingerprint density at radius 2 is 1.57 bits per heavy atom. The van der Waals surface area contributed by atoms with Gasteiger partial charge in [0.25, 0.3) is 5.91 Å². The molecule has 0 unspecified atom stereocenters. The molecule has 0 bridgehead atoms. The van der Waals surface area contributed by atoms with Crippen LogP contribution in [0, 0.1) is 6.92 Å². The van der Waals surface area contributed by atoms with Gasteiger partial charge in [-0.15, -0.1) is 0 Å². The second-order valence-corrected chi connectivity index (χ2v) is 8.99. The van der Waals surface area contributed by atoms with Gasteiger partial charge in [0.1, 0.15) is 0 Å². The second-order valence-electron chi connectivity index (χ2n) is 7.05. The summed E-state index contributed by atoms with van der Waals surface area (Å²) in [6.45, 7) is 7.51. The molecule has 2 aromatic rings. The average molecular weight is 402 g/mol. The first-order chi connectivity index (χ1) is 13.4. The minimum Gasteiger partial charge on any atom is -0.352 e. The third-order valence-electron chi connectivity index (χ3n) is 4.95. The first kappa shape index (κ1) is 20.5. The van der Waals surface area contributed by atoms with E-state index in [2.05, 4.69) is 10.2 Å². The van der Waals surface area contributed by atoms with E-state index < -0.39 is 10.0 Å². The highest BCUT2D eigenvalue weighted by Gasteiger charge is 2.28. The monoisotopic (exact) mass is 401 g/mol. The van der Waals surface area contributed by atoms with Crippen molar-refractivity contribution in [1.82, 2.24) is 14.5 Å². The van der Waals surface area contributed by atoms with E-state index in [1.165, 1.54) is 0 Å². The predicted octanol–water partition coefficient (Wildman–Crippen LogP) is 2.25. The Hall–Kier alpha value is -2.22. The van der Waals surface area contributed by atoms with Gasteiger partial charge in [0.2, 0.25) is 10.0 Å². The predicted molar refractivity (Wildman–Crippen MR) is 110 cm³/mol. The number of carbonyl (C=O) groups is 1. The van der Waals surface area contributed by atoms with Crippen molar-refractivity contribution in [3.8, 4) is 0 Å². The standard InChI is InChI=1S/C21H27N3O3S/c1-3-22-21(25)19-8-6-18(7-9-19)16-23-12-14-24(15-13-23)28(26,27)20-10-4-17(2)5-11-20/h4-11H,3,12-16H2,1-2H3,(H,22,25). The number of benzene rings is 2. The Bertz CT molecular complexity index is 901. The summed E-state index contributed by atoms with van der Waals surface area (Å²) in [5.74, 6) is -0.0658. The van der Waals surface area contributed by atoms with Crippen LogP contribution in [0.4, 0.5) is 0 Å². The summed E-state index contributed by atoms with van der Waals surface area (Å²) in [7, 11) is -3.43. The number of hydrogen-bond donors (Lipinski definition) is 1. The molecule has 0 spiro atoms. The molecule has 0 aliphatic carbocycles. The van der Waals surface area contributed by atoms with Gasteiger partial charge in [0, 0.05) is 44.8 Å². The van der Waals surface area contributed by atoms with Crippen LogP contribution in [0.3, 0.4) is 0 Å². The number of nitrogens with one attached hydrogen (secondary N) is 1. The van der Waals surface area contributed by atoms with E-state index in [-0.39, 0.29) is 5.91 Å². The van der Waals surface area contributed by atoms with Crippen LogP contribution >= 0.6 is 0 Å². The van der Waals surface area contributed by atoms with Crippen LogP contribution in [0.15, 0.2) is 53.4 Å². The molecule has 1 N–H and O–H groups in total. The summed E-state index contributed by atoms with van der Waals surface area (Å²) in [5, 5.41) is 2.79. The fourth-order valence-corrected chi connectivity index (χ4v) is 4.69. The zero-order chi connectivity index (χ0) is 20.1. The molecule has 1 saturated heterocycles. The maximum absolute atomic E-state index is 12.8. The highest BCUT2D eigenvalue weighted by Crippen LogP contribution is 2.19. The highest BCUT2D eigenvalue weighted by molar-refractivity contribution is 7.89. The number of amides is 1. The molecule has 1 aliphatic rings. The van der Waals surface area contributed by atoms with E-state index in [0.29, 0.717) is 43.2 Å². The summed E-state index contributed by atoms with van der Waals surface area (Å²) in [6, 6.07) is 14.6. The number of piperazine rings is 1. The summed E-state index contributed by atoms with van der Waals surface area (Å²) in [6.07, 6.45) is 0. The zero-order valence-corrected chi connectivity index (χ0v) is 17.2. The van der Waals surface area contributed by atoms with Gasteiger partial charge in [-0.05, 0) is 43.7 Å². The molecule has 0 saturated carbocycles. The van der Waals surface area contributed by atoms with Crippen LogP contribution in [0.25, 0.3) is 0 Å². The maximum Gasteiger partial charge on any atom is 0.251 e. The van der Waals surface area contributed by atoms with E-state index in [4.69, 9.17) is 0 Å². The fourth-order valence-electron chi connectivity index (χ4n) is 3.27. The van der Waals surface area contributed by atoms with Crippen molar-refractivity contribution in [1.29, 1.82) is 0 Å². The van der Waals surface area contributed by atoms with E-state index in [0.717, 1.165) is 17.7 Å². The summed E-state index contributed by atoms with van der Waals surface area (Å²) < 4.78 is 27.1. The maximum atomic E-state index is 12.8. The van der Waals surface area contributed by atoms with Crippen molar-refractivity contribution >= 4 is 15.9 Å². The largest absolute Gasteiger partial charge is 0.352 e. The van der Waals surface area contributed by atoms with Crippen molar-refractivity contribution in [2.24, 2.45) is 0 Å². The topological polar surface area (TPSA) is 69.7 Å². The smallest absolute Gasteiger partial charge is 0.251 e. The Labute approximate surface area is 167 Å². The fraction of sp³-hybridized carbons (Fsp3) is 0.381. The molecule has 3 rings (SSSR count). The van der Waals surface area contributed by atoms with Crippen LogP contribution in [0.5, 0.6) is 0 Å². The quantitative estimate of drug-likeness (QED) is 0.806. The van der Waals surface area contributed by atoms with E-state index in [9.17, 15) is 13.2 Å². The Morgan fingerprint density at radius 3 is 2.14 bits per heavy atom. The van der Waals surface area contributed by atoms with Gasteiger partial charge >= 0.3 is 0 Å². The number of aryl methyl sites for hydroxylation is 1. The lowest BCUT2D eigenvalue weighted by Gasteiger charge is -2.34. The lowest BCUT2D eigenvalue weighted by molar-refractivity contribution is 0.0956. The van der Waals surface area contributed by atoms with Crippen LogP contribution in [-0.4, -0.2) is 56.3 Å². The molecule has 2 aromatic carbocycles. The van der Waals surface area contributed by atoms with Crippen LogP contribution in [0.2, 0.25) is 0 Å². The van der Waals surface area contributed by atoms with Gasteiger partial charge in [-0.25, -0.2) is 8.42 Å². The first-order valence-electron chi connectivity index (χ1n) is 9.56. The summed E-state index contributed by atoms with van der Waals surface area (Å²) in [5.41, 5.74) is 2.81. The van der Waals surface area contributed by atoms with Crippen molar-refractivity contribution < 1.29 is 13.2 Å². The molecule has 28 heavy (non-hydrogen) atoms. The van der Waals surface area contributed by atoms with Crippen molar-refractivity contribution in [3.05, 3.63) is 65.2 Å². The Morgan fingerprint density at radius 1 is 0.964 bits per heavy atom. The third kappa shape index (κ3) is 4.79. The molecule has 7 heteroatoms. The van der Waals surface area contributed by atoms with Gasteiger partial charge < -0.3 is 5.32 Å². The molecule has 0 radical (unpaired) electrons. The van der Waals surface area contributed by atoms with E-state index >= 15 is 0 Å². The molecule has 150 valence electrons. The van der Waals surface area contributed by atoms with Gasteiger partial charge in [-0.2, -0.15) is 4.31 Å². The molecule has 1 heterocycles. The molecule has 1 fully saturated rings. The normalized spacial score (nSPS) is 16.1. The van der Waals surface area contributed by atoms with Crippen molar-refractivity contribution in [2.45, 2.75) is 25.3 Å². The van der Waals surface area contributed by atoms with Gasteiger partial charge in [-0.1, -0.05) is 29.8 Å². The number of carbonyl (C=O) groups excluding carboxylic acids is 1. The summed E-state index contributed by atoms with van der Waals surface area (Å²) >= 11 is 0. The van der Waals surface area contributed by atoms with Crippen LogP contribution in [0.1, 0.15) is 28.4 Å². The molecule has 6 nitrogen and oxygen atoms in total. The van der Waals surface area contributed by atoms with E-state index in [1.54, 1.807) is 16.4 Å². The third-order valence-corrected chi connectivity index (χ3v) is 6.86. The van der Waals surface area contributed by atoms with E-state index in [1.807, 2.05) is 50.2 Å². The molecular formula is C21H27N3O3S. The van der Waals surface area contributed by atoms with Gasteiger partial charge in [0.15, 0.2) is 0 Å². The molecule has 0 atom stereocenters. The second kappa shape index (κ2) is 8.86. The average Bonchev–Trinajstić information content (AvgIpc) is 2.69. The van der Waals surface area contributed by atoms with Crippen LogP contribution < -0.4 is 5.32 Å². The number of nitrogens with zero attached hydrogens (tertiary/aromatic N) is 2. The number of rotatable bonds is 6. The lowest BCUT2D eigenvalue weighted by atomic mass is 10.1. The first-order valence-corrected chi connectivity index (χ1v) is 11.0. The molecule has 1 amide bonds. The number of hydrogen-bond acceptors (Lipinski definition) is 4. The minimum absolute atomic E-state index is 0.0658. The van der Waals surface area contributed by atoms with Crippen molar-refractivity contribution in [3.63, 3.8) is 0 Å². The SMILES string of the molecule is CCNC(=O)c1ccc(CN2CCN(S(=O)(=O)c3ccc(C)cc3)CC2)cc1. The highest BCUT2D eigenvalue weighted by atomic mass is 32.2. The summed E-state index contributed by atoms with van der Waals surface area (Å²) in [4.78, 5) is 14.4. The zero-order valence-electron chi connectivity index (χ0n) is 16.4. The number of sulfonamides is 1. The van der Waals surface area contributed by atoms with Gasteiger partial charge in [0.05, 0.1) is 4.90 Å². The van der Waals surface area contributed by atoms with Gasteiger partial charge in [-0.3, -0.25) is 9.69 Å². The molecular weight excluding hydrogens is 374 g/mol. The lowest BCUT2D eigenvalue weighted by Crippen LogP contribution is -2.48. The Kier molecular flexibility index (Phi) is 6.49.